The van der Waals surface area contributed by atoms with Gasteiger partial charge in [0.15, 0.2) is 5.78 Å². The molecule has 1 aromatic heterocycles. The Bertz CT molecular complexity index is 272. The third-order valence-corrected chi connectivity index (χ3v) is 1.32. The van der Waals surface area contributed by atoms with E-state index in [-0.39, 0.29) is 5.78 Å². The molecule has 1 rings (SSSR count). The van der Waals surface area contributed by atoms with Gasteiger partial charge in [-0.05, 0) is 0 Å². The number of nitrogens with one attached hydrogen (secondary N) is 1. The number of aromatic nitrogens is 2. The molecule has 0 unspecified atom stereocenters. The van der Waals surface area contributed by atoms with E-state index in [1.54, 1.807) is 13.2 Å². The van der Waals surface area contributed by atoms with Crippen LogP contribution in [-0.2, 0) is 0 Å². The fraction of sp³-hybridized carbons (Fsp3) is 0.286. The normalized spacial score (nSPS) is 9.27. The van der Waals surface area contributed by atoms with Gasteiger partial charge >= 0.3 is 0 Å². The van der Waals surface area contributed by atoms with Crippen molar-refractivity contribution in [1.29, 1.82) is 0 Å². The Hall–Kier alpha value is -1.45. The van der Waals surface area contributed by atoms with Gasteiger partial charge in [-0.1, -0.05) is 0 Å². The zero-order chi connectivity index (χ0) is 8.27. The zero-order valence-electron chi connectivity index (χ0n) is 6.46. The third kappa shape index (κ3) is 1.52. The van der Waals surface area contributed by atoms with Gasteiger partial charge in [-0.3, -0.25) is 4.79 Å². The van der Waals surface area contributed by atoms with Crippen molar-refractivity contribution < 1.29 is 4.79 Å². The lowest BCUT2D eigenvalue weighted by atomic mass is 10.2. The summed E-state index contributed by atoms with van der Waals surface area (Å²) in [5.74, 6) is -0.0586. The maximum atomic E-state index is 10.9. The van der Waals surface area contributed by atoms with E-state index in [2.05, 4.69) is 15.3 Å². The summed E-state index contributed by atoms with van der Waals surface area (Å²) in [6.07, 6.45) is 2.93. The molecule has 0 spiro atoms. The molecular weight excluding hydrogens is 142 g/mol. The first-order chi connectivity index (χ1) is 5.25. The van der Waals surface area contributed by atoms with Crippen molar-refractivity contribution in [1.82, 2.24) is 9.97 Å². The largest absolute Gasteiger partial charge is 0.385 e. The predicted molar refractivity (Wildman–Crippen MR) is 41.6 cm³/mol. The molecule has 58 valence electrons. The number of Topliss-reactive ketones (excluding diaryl/α,β-unsaturated/α-hetero) is 1. The fourth-order valence-electron chi connectivity index (χ4n) is 0.793. The Kier molecular flexibility index (Phi) is 2.15. The standard InChI is InChI=1S/C7H9N3O/c1-5(11)7-6(8-2)3-9-4-10-7/h3-4,8H,1-2H3. The highest BCUT2D eigenvalue weighted by molar-refractivity contribution is 5.97. The number of anilines is 1. The van der Waals surface area contributed by atoms with Crippen LogP contribution in [0.25, 0.3) is 0 Å². The monoisotopic (exact) mass is 151 g/mol. The molecule has 4 heteroatoms. The van der Waals surface area contributed by atoms with Gasteiger partial charge in [0.25, 0.3) is 0 Å². The van der Waals surface area contributed by atoms with E-state index in [1.807, 2.05) is 0 Å². The summed E-state index contributed by atoms with van der Waals surface area (Å²) in [4.78, 5) is 18.5. The summed E-state index contributed by atoms with van der Waals surface area (Å²) in [6, 6.07) is 0. The molecule has 1 aromatic rings. The van der Waals surface area contributed by atoms with E-state index in [4.69, 9.17) is 0 Å². The number of ketones is 1. The van der Waals surface area contributed by atoms with Gasteiger partial charge in [-0.2, -0.15) is 0 Å². The molecule has 0 aromatic carbocycles. The van der Waals surface area contributed by atoms with Gasteiger partial charge in [0.05, 0.1) is 11.9 Å². The van der Waals surface area contributed by atoms with E-state index in [0.29, 0.717) is 11.4 Å². The van der Waals surface area contributed by atoms with Gasteiger partial charge in [0, 0.05) is 14.0 Å². The summed E-state index contributed by atoms with van der Waals surface area (Å²) in [5.41, 5.74) is 1.10. The molecule has 0 aliphatic carbocycles. The molecule has 11 heavy (non-hydrogen) atoms. The Balaban J connectivity index is 3.12. The van der Waals surface area contributed by atoms with Crippen LogP contribution >= 0.6 is 0 Å². The van der Waals surface area contributed by atoms with Crippen LogP contribution in [0.15, 0.2) is 12.5 Å². The highest BCUT2D eigenvalue weighted by atomic mass is 16.1. The second-order valence-electron chi connectivity index (χ2n) is 2.09. The van der Waals surface area contributed by atoms with Crippen LogP contribution in [0.3, 0.4) is 0 Å². The van der Waals surface area contributed by atoms with Gasteiger partial charge < -0.3 is 5.32 Å². The molecule has 1 heterocycles. The van der Waals surface area contributed by atoms with E-state index in [9.17, 15) is 4.79 Å². The quantitative estimate of drug-likeness (QED) is 0.633. The number of hydrogen-bond donors (Lipinski definition) is 1. The molecule has 0 radical (unpaired) electrons. The molecule has 0 saturated carbocycles. The van der Waals surface area contributed by atoms with Gasteiger partial charge in [-0.15, -0.1) is 0 Å². The highest BCUT2D eigenvalue weighted by Crippen LogP contribution is 2.08. The van der Waals surface area contributed by atoms with Gasteiger partial charge in [0.2, 0.25) is 0 Å². The first kappa shape index (κ1) is 7.65. The first-order valence-electron chi connectivity index (χ1n) is 3.24. The van der Waals surface area contributed by atoms with Crippen molar-refractivity contribution in [3.63, 3.8) is 0 Å². The number of hydrogen-bond acceptors (Lipinski definition) is 4. The average Bonchev–Trinajstić information content (AvgIpc) is 2.04. The minimum atomic E-state index is -0.0586. The van der Waals surface area contributed by atoms with Crippen molar-refractivity contribution in [2.45, 2.75) is 6.92 Å². The minimum absolute atomic E-state index is 0.0586. The van der Waals surface area contributed by atoms with Crippen LogP contribution in [0.1, 0.15) is 17.4 Å². The molecule has 0 amide bonds. The lowest BCUT2D eigenvalue weighted by Gasteiger charge is -2.01. The Labute approximate surface area is 64.7 Å². The van der Waals surface area contributed by atoms with Crippen molar-refractivity contribution in [2.75, 3.05) is 12.4 Å². The average molecular weight is 151 g/mol. The molecule has 0 saturated heterocycles. The Morgan fingerprint density at radius 3 is 2.82 bits per heavy atom. The molecule has 0 fully saturated rings. The Morgan fingerprint density at radius 1 is 1.64 bits per heavy atom. The summed E-state index contributed by atoms with van der Waals surface area (Å²) in [7, 11) is 1.73. The van der Waals surface area contributed by atoms with E-state index < -0.39 is 0 Å². The molecule has 0 atom stereocenters. The second-order valence-corrected chi connectivity index (χ2v) is 2.09. The molecule has 1 N–H and O–H groups in total. The van der Waals surface area contributed by atoms with Crippen molar-refractivity contribution in [3.8, 4) is 0 Å². The first-order valence-corrected chi connectivity index (χ1v) is 3.24. The smallest absolute Gasteiger partial charge is 0.180 e. The lowest BCUT2D eigenvalue weighted by molar-refractivity contribution is 0.101. The summed E-state index contributed by atoms with van der Waals surface area (Å²) in [5, 5.41) is 2.83. The third-order valence-electron chi connectivity index (χ3n) is 1.32. The van der Waals surface area contributed by atoms with Crippen molar-refractivity contribution >= 4 is 11.5 Å². The molecule has 0 aliphatic rings. The number of carbonyl (C=O) groups is 1. The summed E-state index contributed by atoms with van der Waals surface area (Å²) in [6.45, 7) is 1.48. The summed E-state index contributed by atoms with van der Waals surface area (Å²) < 4.78 is 0. The maximum Gasteiger partial charge on any atom is 0.180 e. The zero-order valence-corrected chi connectivity index (χ0v) is 6.46. The van der Waals surface area contributed by atoms with Crippen LogP contribution in [-0.4, -0.2) is 22.8 Å². The molecular formula is C7H9N3O. The van der Waals surface area contributed by atoms with Gasteiger partial charge in [0.1, 0.15) is 12.0 Å². The van der Waals surface area contributed by atoms with Crippen molar-refractivity contribution in [2.24, 2.45) is 0 Å². The Morgan fingerprint density at radius 2 is 2.36 bits per heavy atom. The topological polar surface area (TPSA) is 54.9 Å². The van der Waals surface area contributed by atoms with E-state index >= 15 is 0 Å². The predicted octanol–water partition coefficient (Wildman–Crippen LogP) is 0.721. The van der Waals surface area contributed by atoms with Gasteiger partial charge in [-0.25, -0.2) is 9.97 Å². The van der Waals surface area contributed by atoms with Crippen LogP contribution in [0.5, 0.6) is 0 Å². The maximum absolute atomic E-state index is 10.9. The van der Waals surface area contributed by atoms with Crippen LogP contribution in [0.2, 0.25) is 0 Å². The summed E-state index contributed by atoms with van der Waals surface area (Å²) >= 11 is 0. The molecule has 4 nitrogen and oxygen atoms in total. The lowest BCUT2D eigenvalue weighted by Crippen LogP contribution is -2.03. The minimum Gasteiger partial charge on any atom is -0.385 e. The number of nitrogens with zero attached hydrogens (tertiary/aromatic N) is 2. The number of rotatable bonds is 2. The molecule has 0 bridgehead atoms. The highest BCUT2D eigenvalue weighted by Gasteiger charge is 2.05. The van der Waals surface area contributed by atoms with Crippen LogP contribution in [0.4, 0.5) is 5.69 Å². The SMILES string of the molecule is CNc1cncnc1C(C)=O. The van der Waals surface area contributed by atoms with E-state index in [0.717, 1.165) is 0 Å². The van der Waals surface area contributed by atoms with Crippen LogP contribution < -0.4 is 5.32 Å². The molecule has 0 aliphatic heterocycles. The second kappa shape index (κ2) is 3.09. The van der Waals surface area contributed by atoms with Crippen LogP contribution in [0, 0.1) is 0 Å². The fourth-order valence-corrected chi connectivity index (χ4v) is 0.793. The van der Waals surface area contributed by atoms with E-state index in [1.165, 1.54) is 13.3 Å². The number of carbonyl (C=O) groups excluding carboxylic acids is 1. The van der Waals surface area contributed by atoms with Crippen molar-refractivity contribution in [3.05, 3.63) is 18.2 Å².